The maximum absolute atomic E-state index is 12.3. The van der Waals surface area contributed by atoms with E-state index < -0.39 is 18.6 Å². The summed E-state index contributed by atoms with van der Waals surface area (Å²) >= 11 is 0. The molecule has 0 bridgehead atoms. The highest BCUT2D eigenvalue weighted by molar-refractivity contribution is 5.96. The SMILES string of the molecule is O=C(NCC(O)Cc1ccccc1)c1ccccc1OC(F)F. The van der Waals surface area contributed by atoms with Gasteiger partial charge in [-0.1, -0.05) is 42.5 Å². The van der Waals surface area contributed by atoms with Gasteiger partial charge in [0.25, 0.3) is 5.91 Å². The standard InChI is InChI=1S/C17H17F2NO3/c18-17(19)23-15-9-5-4-8-14(15)16(22)20-11-13(21)10-12-6-2-1-3-7-12/h1-9,13,17,21H,10-11H2,(H,20,22). The molecule has 0 spiro atoms. The lowest BCUT2D eigenvalue weighted by Gasteiger charge is -2.14. The van der Waals surface area contributed by atoms with Gasteiger partial charge >= 0.3 is 6.61 Å². The van der Waals surface area contributed by atoms with E-state index in [2.05, 4.69) is 10.1 Å². The monoisotopic (exact) mass is 321 g/mol. The Kier molecular flexibility index (Phi) is 6.05. The number of aliphatic hydroxyl groups excluding tert-OH is 1. The lowest BCUT2D eigenvalue weighted by molar-refractivity contribution is -0.0501. The van der Waals surface area contributed by atoms with Crippen LogP contribution < -0.4 is 10.1 Å². The molecule has 122 valence electrons. The van der Waals surface area contributed by atoms with Gasteiger partial charge in [-0.05, 0) is 17.7 Å². The number of hydrogen-bond acceptors (Lipinski definition) is 3. The van der Waals surface area contributed by atoms with E-state index >= 15 is 0 Å². The van der Waals surface area contributed by atoms with Crippen LogP contribution in [-0.4, -0.2) is 30.3 Å². The number of nitrogens with one attached hydrogen (secondary N) is 1. The normalized spacial score (nSPS) is 12.0. The third-order valence-electron chi connectivity index (χ3n) is 3.16. The lowest BCUT2D eigenvalue weighted by Crippen LogP contribution is -2.33. The van der Waals surface area contributed by atoms with Gasteiger partial charge in [-0.2, -0.15) is 8.78 Å². The zero-order chi connectivity index (χ0) is 16.7. The van der Waals surface area contributed by atoms with Crippen LogP contribution in [0.2, 0.25) is 0 Å². The highest BCUT2D eigenvalue weighted by Crippen LogP contribution is 2.20. The number of rotatable bonds is 7. The van der Waals surface area contributed by atoms with E-state index in [0.29, 0.717) is 6.42 Å². The Bertz CT molecular complexity index is 635. The number of carbonyl (C=O) groups is 1. The fourth-order valence-corrected chi connectivity index (χ4v) is 2.12. The number of alkyl halides is 2. The van der Waals surface area contributed by atoms with Crippen LogP contribution in [0.1, 0.15) is 15.9 Å². The Labute approximate surface area is 132 Å². The lowest BCUT2D eigenvalue weighted by atomic mass is 10.1. The first-order chi connectivity index (χ1) is 11.1. The third kappa shape index (κ3) is 5.34. The maximum Gasteiger partial charge on any atom is 0.387 e. The van der Waals surface area contributed by atoms with Crippen molar-refractivity contribution < 1.29 is 23.4 Å². The van der Waals surface area contributed by atoms with Crippen LogP contribution in [0.25, 0.3) is 0 Å². The highest BCUT2D eigenvalue weighted by Gasteiger charge is 2.16. The van der Waals surface area contributed by atoms with Crippen molar-refractivity contribution in [2.24, 2.45) is 0 Å². The molecule has 6 heteroatoms. The van der Waals surface area contributed by atoms with Crippen LogP contribution in [0.4, 0.5) is 8.78 Å². The second kappa shape index (κ2) is 8.24. The molecule has 0 aliphatic carbocycles. The van der Waals surface area contributed by atoms with Gasteiger partial charge in [0.15, 0.2) is 0 Å². The molecule has 0 aliphatic rings. The summed E-state index contributed by atoms with van der Waals surface area (Å²) in [7, 11) is 0. The van der Waals surface area contributed by atoms with Crippen molar-refractivity contribution in [1.82, 2.24) is 5.32 Å². The summed E-state index contributed by atoms with van der Waals surface area (Å²) in [6.07, 6.45) is -0.388. The predicted molar refractivity (Wildman–Crippen MR) is 81.6 cm³/mol. The molecule has 23 heavy (non-hydrogen) atoms. The minimum atomic E-state index is -3.01. The Morgan fingerprint density at radius 1 is 1.09 bits per heavy atom. The fourth-order valence-electron chi connectivity index (χ4n) is 2.12. The number of amides is 1. The summed E-state index contributed by atoms with van der Waals surface area (Å²) < 4.78 is 29.0. The average molecular weight is 321 g/mol. The molecule has 2 aromatic rings. The van der Waals surface area contributed by atoms with E-state index in [1.807, 2.05) is 30.3 Å². The second-order valence-corrected chi connectivity index (χ2v) is 4.93. The van der Waals surface area contributed by atoms with E-state index in [4.69, 9.17) is 0 Å². The van der Waals surface area contributed by atoms with Crippen LogP contribution in [0.3, 0.4) is 0 Å². The van der Waals surface area contributed by atoms with Gasteiger partial charge in [-0.25, -0.2) is 0 Å². The molecule has 1 amide bonds. The van der Waals surface area contributed by atoms with Crippen LogP contribution in [-0.2, 0) is 6.42 Å². The molecular formula is C17H17F2NO3. The first kappa shape index (κ1) is 16.9. The molecule has 0 saturated carbocycles. The van der Waals surface area contributed by atoms with Crippen LogP contribution in [0, 0.1) is 0 Å². The molecule has 2 aromatic carbocycles. The topological polar surface area (TPSA) is 58.6 Å². The number of halogens is 2. The fraction of sp³-hybridized carbons (Fsp3) is 0.235. The largest absolute Gasteiger partial charge is 0.434 e. The van der Waals surface area contributed by atoms with Crippen LogP contribution >= 0.6 is 0 Å². The molecule has 0 aliphatic heterocycles. The number of ether oxygens (including phenoxy) is 1. The number of carbonyl (C=O) groups excluding carboxylic acids is 1. The van der Waals surface area contributed by atoms with E-state index in [0.717, 1.165) is 5.56 Å². The Hall–Kier alpha value is -2.47. The summed E-state index contributed by atoms with van der Waals surface area (Å²) in [6, 6.07) is 15.1. The van der Waals surface area contributed by atoms with Gasteiger partial charge < -0.3 is 15.2 Å². The zero-order valence-electron chi connectivity index (χ0n) is 12.3. The predicted octanol–water partition coefficient (Wildman–Crippen LogP) is 2.62. The average Bonchev–Trinajstić information content (AvgIpc) is 2.53. The maximum atomic E-state index is 12.3. The van der Waals surface area contributed by atoms with Crippen molar-refractivity contribution in [3.63, 3.8) is 0 Å². The molecule has 2 rings (SSSR count). The minimum absolute atomic E-state index is 0.000267. The van der Waals surface area contributed by atoms with E-state index in [1.165, 1.54) is 18.2 Å². The van der Waals surface area contributed by atoms with Gasteiger partial charge in [0, 0.05) is 13.0 Å². The van der Waals surface area contributed by atoms with E-state index in [1.54, 1.807) is 6.07 Å². The molecule has 0 aromatic heterocycles. The Balaban J connectivity index is 1.92. The smallest absolute Gasteiger partial charge is 0.387 e. The van der Waals surface area contributed by atoms with E-state index in [9.17, 15) is 18.7 Å². The van der Waals surface area contributed by atoms with Crippen molar-refractivity contribution in [1.29, 1.82) is 0 Å². The molecule has 0 radical (unpaired) electrons. The second-order valence-electron chi connectivity index (χ2n) is 4.93. The molecule has 4 nitrogen and oxygen atoms in total. The number of benzene rings is 2. The van der Waals surface area contributed by atoms with Crippen LogP contribution in [0.15, 0.2) is 54.6 Å². The van der Waals surface area contributed by atoms with Crippen molar-refractivity contribution in [2.75, 3.05) is 6.54 Å². The zero-order valence-corrected chi connectivity index (χ0v) is 12.3. The van der Waals surface area contributed by atoms with Crippen molar-refractivity contribution in [3.05, 3.63) is 65.7 Å². The highest BCUT2D eigenvalue weighted by atomic mass is 19.3. The van der Waals surface area contributed by atoms with Gasteiger partial charge in [0.2, 0.25) is 0 Å². The number of aliphatic hydroxyl groups is 1. The van der Waals surface area contributed by atoms with Crippen LogP contribution in [0.5, 0.6) is 5.75 Å². The summed E-state index contributed by atoms with van der Waals surface area (Å²) in [6.45, 7) is -3.00. The first-order valence-electron chi connectivity index (χ1n) is 7.10. The van der Waals surface area contributed by atoms with Crippen molar-refractivity contribution in [3.8, 4) is 5.75 Å². The molecular weight excluding hydrogens is 304 g/mol. The summed E-state index contributed by atoms with van der Waals surface area (Å²) in [5, 5.41) is 12.5. The van der Waals surface area contributed by atoms with Crippen molar-refractivity contribution in [2.45, 2.75) is 19.1 Å². The van der Waals surface area contributed by atoms with Gasteiger partial charge in [-0.15, -0.1) is 0 Å². The molecule has 1 atom stereocenters. The summed E-state index contributed by atoms with van der Waals surface area (Å²) in [4.78, 5) is 12.1. The first-order valence-corrected chi connectivity index (χ1v) is 7.10. The molecule has 1 unspecified atom stereocenters. The molecule has 0 fully saturated rings. The Morgan fingerprint density at radius 3 is 2.43 bits per heavy atom. The van der Waals surface area contributed by atoms with Gasteiger partial charge in [-0.3, -0.25) is 4.79 Å². The summed E-state index contributed by atoms with van der Waals surface area (Å²) in [5.74, 6) is -0.772. The van der Waals surface area contributed by atoms with Crippen molar-refractivity contribution >= 4 is 5.91 Å². The molecule has 0 saturated heterocycles. The minimum Gasteiger partial charge on any atom is -0.434 e. The van der Waals surface area contributed by atoms with Gasteiger partial charge in [0.05, 0.1) is 11.7 Å². The summed E-state index contributed by atoms with van der Waals surface area (Å²) in [5.41, 5.74) is 0.940. The third-order valence-corrected chi connectivity index (χ3v) is 3.16. The Morgan fingerprint density at radius 2 is 1.74 bits per heavy atom. The molecule has 0 heterocycles. The molecule has 2 N–H and O–H groups in total. The quantitative estimate of drug-likeness (QED) is 0.824. The number of hydrogen-bond donors (Lipinski definition) is 2. The number of para-hydroxylation sites is 1. The van der Waals surface area contributed by atoms with E-state index in [-0.39, 0.29) is 17.9 Å². The van der Waals surface area contributed by atoms with Gasteiger partial charge in [0.1, 0.15) is 5.75 Å².